The molecule has 1 unspecified atom stereocenters. The second-order valence-electron chi connectivity index (χ2n) is 9.74. The zero-order chi connectivity index (χ0) is 29.0. The molecule has 1 saturated heterocycles. The molecule has 3 aromatic rings. The van der Waals surface area contributed by atoms with E-state index in [0.29, 0.717) is 0 Å². The minimum absolute atomic E-state index is 0.169. The molecule has 9 heteroatoms. The van der Waals surface area contributed by atoms with Gasteiger partial charge in [0.1, 0.15) is 37.1 Å². The lowest BCUT2D eigenvalue weighted by Crippen LogP contribution is -2.62. The third kappa shape index (κ3) is 9.21. The molecule has 0 bridgehead atoms. The van der Waals surface area contributed by atoms with E-state index in [9.17, 15) is 14.7 Å². The summed E-state index contributed by atoms with van der Waals surface area (Å²) >= 11 is 0. The van der Waals surface area contributed by atoms with E-state index in [1.807, 2.05) is 91.0 Å². The summed E-state index contributed by atoms with van der Waals surface area (Å²) < 4.78 is 36.2. The van der Waals surface area contributed by atoms with E-state index in [0.717, 1.165) is 16.7 Å². The molecule has 0 spiro atoms. The molecule has 218 valence electrons. The van der Waals surface area contributed by atoms with E-state index in [4.69, 9.17) is 28.4 Å². The Morgan fingerprint density at radius 2 is 1.17 bits per heavy atom. The molecule has 3 aromatic carbocycles. The van der Waals surface area contributed by atoms with Gasteiger partial charge >= 0.3 is 11.9 Å². The van der Waals surface area contributed by atoms with Crippen LogP contribution in [0.15, 0.2) is 91.0 Å². The van der Waals surface area contributed by atoms with Crippen LogP contribution in [-0.4, -0.2) is 60.5 Å². The number of carbonyl (C=O) groups is 2. The topological polar surface area (TPSA) is 110 Å². The van der Waals surface area contributed by atoms with Crippen molar-refractivity contribution >= 4 is 11.9 Å². The summed E-state index contributed by atoms with van der Waals surface area (Å²) in [7, 11) is 0. The van der Waals surface area contributed by atoms with E-state index in [1.54, 1.807) is 0 Å². The van der Waals surface area contributed by atoms with Crippen LogP contribution in [-0.2, 0) is 57.8 Å². The van der Waals surface area contributed by atoms with Gasteiger partial charge in [-0.25, -0.2) is 4.79 Å². The van der Waals surface area contributed by atoms with Crippen LogP contribution in [0.4, 0.5) is 0 Å². The standard InChI is InChI=1S/C32H36O9/c1-22(33)31(35)41-32-30(39-20-26-16-10-5-11-17-26)29(38-19-25-14-8-4-9-15-25)28(27(40-32)21-36-23(2)34)37-18-24-12-6-3-7-13-24/h3-17,22,27-30,32-33H,18-21H2,1-2H3/t22?,27-,28-,29+,30-,32+/m1/s1. The summed E-state index contributed by atoms with van der Waals surface area (Å²) in [5.74, 6) is -1.39. The smallest absolute Gasteiger partial charge is 0.337 e. The molecule has 6 atom stereocenters. The van der Waals surface area contributed by atoms with E-state index in [1.165, 1.54) is 13.8 Å². The molecule has 1 N–H and O–H groups in total. The van der Waals surface area contributed by atoms with Crippen LogP contribution in [0.3, 0.4) is 0 Å². The third-order valence-electron chi connectivity index (χ3n) is 6.47. The first-order valence-corrected chi connectivity index (χ1v) is 13.5. The number of rotatable bonds is 13. The minimum atomic E-state index is -1.39. The van der Waals surface area contributed by atoms with Crippen molar-refractivity contribution in [3.05, 3.63) is 108 Å². The highest BCUT2D eigenvalue weighted by molar-refractivity contribution is 5.74. The Kier molecular flexibility index (Phi) is 11.4. The Hall–Kier alpha value is -3.60. The Morgan fingerprint density at radius 1 is 0.732 bits per heavy atom. The van der Waals surface area contributed by atoms with Crippen molar-refractivity contribution < 1.29 is 43.1 Å². The summed E-state index contributed by atoms with van der Waals surface area (Å²) in [5, 5.41) is 9.87. The molecule has 0 saturated carbocycles. The first-order valence-electron chi connectivity index (χ1n) is 13.5. The molecule has 0 amide bonds. The molecule has 0 radical (unpaired) electrons. The van der Waals surface area contributed by atoms with E-state index < -0.39 is 48.7 Å². The molecular formula is C32H36O9. The molecule has 9 nitrogen and oxygen atoms in total. The second kappa shape index (κ2) is 15.4. The van der Waals surface area contributed by atoms with Crippen molar-refractivity contribution in [2.45, 2.75) is 70.5 Å². The van der Waals surface area contributed by atoms with E-state index in [-0.39, 0.29) is 26.4 Å². The summed E-state index contributed by atoms with van der Waals surface area (Å²) in [6.07, 6.45) is -6.08. The van der Waals surface area contributed by atoms with Gasteiger partial charge in [0.25, 0.3) is 0 Å². The summed E-state index contributed by atoms with van der Waals surface area (Å²) in [6, 6.07) is 28.7. The van der Waals surface area contributed by atoms with E-state index >= 15 is 0 Å². The molecule has 1 heterocycles. The molecule has 1 aliphatic heterocycles. The maximum atomic E-state index is 12.5. The monoisotopic (exact) mass is 564 g/mol. The van der Waals surface area contributed by atoms with Crippen molar-refractivity contribution in [2.75, 3.05) is 6.61 Å². The third-order valence-corrected chi connectivity index (χ3v) is 6.47. The molecule has 0 aliphatic carbocycles. The predicted molar refractivity (Wildman–Crippen MR) is 148 cm³/mol. The molecule has 41 heavy (non-hydrogen) atoms. The average molecular weight is 565 g/mol. The zero-order valence-corrected chi connectivity index (χ0v) is 23.2. The fourth-order valence-electron chi connectivity index (χ4n) is 4.39. The van der Waals surface area contributed by atoms with Gasteiger partial charge in [0.2, 0.25) is 6.29 Å². The van der Waals surface area contributed by atoms with Gasteiger partial charge in [-0.05, 0) is 23.6 Å². The molecule has 4 rings (SSSR count). The first kappa shape index (κ1) is 30.4. The van der Waals surface area contributed by atoms with Crippen LogP contribution in [0.2, 0.25) is 0 Å². The van der Waals surface area contributed by atoms with Gasteiger partial charge in [0.05, 0.1) is 19.8 Å². The normalized spacial score (nSPS) is 23.0. The fourth-order valence-corrected chi connectivity index (χ4v) is 4.39. The lowest BCUT2D eigenvalue weighted by Gasteiger charge is -2.45. The maximum Gasteiger partial charge on any atom is 0.337 e. The number of benzene rings is 3. The lowest BCUT2D eigenvalue weighted by molar-refractivity contribution is -0.320. The SMILES string of the molecule is CC(=O)OC[C@H]1O[C@@H](OC(=O)C(C)O)[C@H](OCc2ccccc2)[C@@H](OCc2ccccc2)[C@@H]1OCc1ccccc1. The highest BCUT2D eigenvalue weighted by atomic mass is 16.7. The molecule has 0 aromatic heterocycles. The van der Waals surface area contributed by atoms with Gasteiger partial charge in [-0.15, -0.1) is 0 Å². The van der Waals surface area contributed by atoms with Gasteiger partial charge in [0.15, 0.2) is 0 Å². The van der Waals surface area contributed by atoms with Gasteiger partial charge in [-0.2, -0.15) is 0 Å². The number of carbonyl (C=O) groups excluding carboxylic acids is 2. The Bertz CT molecular complexity index is 1200. The Balaban J connectivity index is 1.67. The van der Waals surface area contributed by atoms with Gasteiger partial charge in [-0.1, -0.05) is 91.0 Å². The number of hydrogen-bond donors (Lipinski definition) is 1. The molecule has 1 aliphatic rings. The average Bonchev–Trinajstić information content (AvgIpc) is 2.99. The highest BCUT2D eigenvalue weighted by Gasteiger charge is 2.50. The van der Waals surface area contributed by atoms with Gasteiger partial charge < -0.3 is 33.5 Å². The predicted octanol–water partition coefficient (Wildman–Crippen LogP) is 3.95. The number of esters is 2. The van der Waals surface area contributed by atoms with Crippen LogP contribution in [0.1, 0.15) is 30.5 Å². The largest absolute Gasteiger partial charge is 0.463 e. The van der Waals surface area contributed by atoms with Crippen LogP contribution >= 0.6 is 0 Å². The van der Waals surface area contributed by atoms with Crippen LogP contribution in [0.5, 0.6) is 0 Å². The first-order chi connectivity index (χ1) is 19.9. The van der Waals surface area contributed by atoms with Crippen LogP contribution in [0, 0.1) is 0 Å². The maximum absolute atomic E-state index is 12.5. The molecular weight excluding hydrogens is 528 g/mol. The Labute approximate surface area is 239 Å². The summed E-state index contributed by atoms with van der Waals surface area (Å²) in [4.78, 5) is 24.3. The quantitative estimate of drug-likeness (QED) is 0.309. The number of hydrogen-bond acceptors (Lipinski definition) is 9. The number of aliphatic hydroxyl groups is 1. The lowest BCUT2D eigenvalue weighted by atomic mass is 9.97. The second-order valence-corrected chi connectivity index (χ2v) is 9.74. The minimum Gasteiger partial charge on any atom is -0.463 e. The van der Waals surface area contributed by atoms with E-state index in [2.05, 4.69) is 0 Å². The van der Waals surface area contributed by atoms with Crippen molar-refractivity contribution in [3.63, 3.8) is 0 Å². The van der Waals surface area contributed by atoms with Crippen molar-refractivity contribution in [2.24, 2.45) is 0 Å². The van der Waals surface area contributed by atoms with Gasteiger partial charge in [0, 0.05) is 6.92 Å². The summed E-state index contributed by atoms with van der Waals surface area (Å²) in [6.45, 7) is 3.02. The van der Waals surface area contributed by atoms with Crippen LogP contribution in [0.25, 0.3) is 0 Å². The number of aliphatic hydroxyl groups excluding tert-OH is 1. The summed E-state index contributed by atoms with van der Waals surface area (Å²) in [5.41, 5.74) is 2.72. The zero-order valence-electron chi connectivity index (χ0n) is 23.2. The van der Waals surface area contributed by atoms with Crippen molar-refractivity contribution in [3.8, 4) is 0 Å². The fraction of sp³-hybridized carbons (Fsp3) is 0.375. The van der Waals surface area contributed by atoms with Gasteiger partial charge in [-0.3, -0.25) is 4.79 Å². The van der Waals surface area contributed by atoms with Crippen molar-refractivity contribution in [1.82, 2.24) is 0 Å². The highest BCUT2D eigenvalue weighted by Crippen LogP contribution is 2.31. The molecule has 1 fully saturated rings. The van der Waals surface area contributed by atoms with Crippen LogP contribution < -0.4 is 0 Å². The number of ether oxygens (including phenoxy) is 6. The Morgan fingerprint density at radius 3 is 1.61 bits per heavy atom. The van der Waals surface area contributed by atoms with Crippen molar-refractivity contribution in [1.29, 1.82) is 0 Å².